The van der Waals surface area contributed by atoms with Crippen LogP contribution in [0, 0.1) is 11.7 Å². The van der Waals surface area contributed by atoms with E-state index in [9.17, 15) is 4.39 Å². The van der Waals surface area contributed by atoms with E-state index in [0.29, 0.717) is 13.0 Å². The van der Waals surface area contributed by atoms with Gasteiger partial charge >= 0.3 is 0 Å². The molecule has 0 aromatic heterocycles. The zero-order valence-electron chi connectivity index (χ0n) is 8.24. The molecule has 1 aromatic carbocycles. The van der Waals surface area contributed by atoms with Crippen LogP contribution in [-0.4, -0.2) is 25.4 Å². The van der Waals surface area contributed by atoms with Crippen LogP contribution in [0.1, 0.15) is 5.56 Å². The van der Waals surface area contributed by atoms with Crippen molar-refractivity contribution in [3.8, 4) is 0 Å². The Labute approximate surface area is 83.3 Å². The molecule has 0 heterocycles. The normalized spacial score (nSPS) is 12.8. The molecule has 3 heteroatoms. The summed E-state index contributed by atoms with van der Waals surface area (Å²) in [6.45, 7) is 0.553. The van der Waals surface area contributed by atoms with Crippen molar-refractivity contribution in [2.24, 2.45) is 5.92 Å². The number of benzene rings is 1. The van der Waals surface area contributed by atoms with Crippen molar-refractivity contribution >= 4 is 0 Å². The zero-order chi connectivity index (χ0) is 10.4. The van der Waals surface area contributed by atoms with Crippen LogP contribution in [-0.2, 0) is 11.2 Å². The predicted molar refractivity (Wildman–Crippen MR) is 52.6 cm³/mol. The standard InChI is InChI=1S/C11H15FO2/c1-14-8-10(7-13)5-9-3-2-4-11(12)6-9/h2-4,6,10,13H,5,7-8H2,1H3. The fourth-order valence-corrected chi connectivity index (χ4v) is 1.41. The molecule has 2 nitrogen and oxygen atoms in total. The maximum absolute atomic E-state index is 12.8. The third-order valence-electron chi connectivity index (χ3n) is 2.07. The minimum absolute atomic E-state index is 0.0433. The molecule has 0 aliphatic carbocycles. The lowest BCUT2D eigenvalue weighted by Gasteiger charge is -2.12. The minimum atomic E-state index is -0.239. The van der Waals surface area contributed by atoms with Crippen LogP contribution in [0.4, 0.5) is 4.39 Å². The fraction of sp³-hybridized carbons (Fsp3) is 0.455. The van der Waals surface area contributed by atoms with Gasteiger partial charge in [-0.15, -0.1) is 0 Å². The van der Waals surface area contributed by atoms with Crippen LogP contribution in [0.2, 0.25) is 0 Å². The molecule has 0 saturated heterocycles. The Hall–Kier alpha value is -0.930. The molecule has 1 N–H and O–H groups in total. The molecule has 78 valence electrons. The Bertz CT molecular complexity index is 276. The second-order valence-electron chi connectivity index (χ2n) is 3.34. The molecule has 0 bridgehead atoms. The molecule has 14 heavy (non-hydrogen) atoms. The highest BCUT2D eigenvalue weighted by Gasteiger charge is 2.08. The SMILES string of the molecule is COCC(CO)Cc1cccc(F)c1. The van der Waals surface area contributed by atoms with Crippen LogP contribution < -0.4 is 0 Å². The van der Waals surface area contributed by atoms with E-state index in [2.05, 4.69) is 0 Å². The van der Waals surface area contributed by atoms with Crippen molar-refractivity contribution in [1.29, 1.82) is 0 Å². The maximum Gasteiger partial charge on any atom is 0.123 e. The second-order valence-corrected chi connectivity index (χ2v) is 3.34. The molecule has 0 amide bonds. The van der Waals surface area contributed by atoms with Gasteiger partial charge in [0.15, 0.2) is 0 Å². The predicted octanol–water partition coefficient (Wildman–Crippen LogP) is 1.62. The van der Waals surface area contributed by atoms with Crippen molar-refractivity contribution in [3.63, 3.8) is 0 Å². The molecule has 0 aliphatic heterocycles. The van der Waals surface area contributed by atoms with Gasteiger partial charge in [0, 0.05) is 19.6 Å². The van der Waals surface area contributed by atoms with Crippen LogP contribution in [0.15, 0.2) is 24.3 Å². The smallest absolute Gasteiger partial charge is 0.123 e. The maximum atomic E-state index is 12.8. The highest BCUT2D eigenvalue weighted by atomic mass is 19.1. The number of hydrogen-bond acceptors (Lipinski definition) is 2. The topological polar surface area (TPSA) is 29.5 Å². The van der Waals surface area contributed by atoms with Gasteiger partial charge < -0.3 is 9.84 Å². The summed E-state index contributed by atoms with van der Waals surface area (Å²) in [6.07, 6.45) is 0.641. The Morgan fingerprint density at radius 3 is 2.86 bits per heavy atom. The Morgan fingerprint density at radius 2 is 2.29 bits per heavy atom. The third kappa shape index (κ3) is 3.44. The molecule has 0 saturated carbocycles. The number of ether oxygens (including phenoxy) is 1. The lowest BCUT2D eigenvalue weighted by molar-refractivity contribution is 0.110. The number of aliphatic hydroxyl groups is 1. The Balaban J connectivity index is 2.57. The van der Waals surface area contributed by atoms with Gasteiger partial charge in [0.25, 0.3) is 0 Å². The molecule has 1 aromatic rings. The number of halogens is 1. The van der Waals surface area contributed by atoms with Gasteiger partial charge in [0.05, 0.1) is 6.61 Å². The molecule has 0 spiro atoms. The average Bonchev–Trinajstić information content (AvgIpc) is 2.17. The molecule has 0 radical (unpaired) electrons. The van der Waals surface area contributed by atoms with Crippen LogP contribution in [0.5, 0.6) is 0 Å². The lowest BCUT2D eigenvalue weighted by atomic mass is 10.0. The Morgan fingerprint density at radius 1 is 1.50 bits per heavy atom. The molecular formula is C11H15FO2. The monoisotopic (exact) mass is 198 g/mol. The summed E-state index contributed by atoms with van der Waals surface area (Å²) < 4.78 is 17.8. The van der Waals surface area contributed by atoms with Gasteiger partial charge in [0.2, 0.25) is 0 Å². The first-order chi connectivity index (χ1) is 6.76. The highest BCUT2D eigenvalue weighted by Crippen LogP contribution is 2.10. The number of rotatable bonds is 5. The van der Waals surface area contributed by atoms with Gasteiger partial charge in [0.1, 0.15) is 5.82 Å². The van der Waals surface area contributed by atoms with Gasteiger partial charge in [-0.25, -0.2) is 4.39 Å². The van der Waals surface area contributed by atoms with Crippen LogP contribution >= 0.6 is 0 Å². The Kier molecular flexibility index (Phi) is 4.56. The van der Waals surface area contributed by atoms with E-state index in [1.807, 2.05) is 6.07 Å². The van der Waals surface area contributed by atoms with Gasteiger partial charge in [-0.05, 0) is 24.1 Å². The van der Waals surface area contributed by atoms with E-state index in [1.165, 1.54) is 12.1 Å². The number of aliphatic hydroxyl groups excluding tert-OH is 1. The van der Waals surface area contributed by atoms with Crippen molar-refractivity contribution in [3.05, 3.63) is 35.6 Å². The van der Waals surface area contributed by atoms with E-state index in [1.54, 1.807) is 13.2 Å². The van der Waals surface area contributed by atoms with Crippen molar-refractivity contribution in [2.75, 3.05) is 20.3 Å². The summed E-state index contributed by atoms with van der Waals surface area (Å²) in [5, 5.41) is 9.01. The fourth-order valence-electron chi connectivity index (χ4n) is 1.41. The molecule has 0 aliphatic rings. The quantitative estimate of drug-likeness (QED) is 0.779. The van der Waals surface area contributed by atoms with E-state index in [4.69, 9.17) is 9.84 Å². The average molecular weight is 198 g/mol. The number of hydrogen-bond donors (Lipinski definition) is 1. The summed E-state index contributed by atoms with van der Waals surface area (Å²) in [6, 6.07) is 6.42. The summed E-state index contributed by atoms with van der Waals surface area (Å²) in [4.78, 5) is 0. The lowest BCUT2D eigenvalue weighted by Crippen LogP contribution is -2.15. The largest absolute Gasteiger partial charge is 0.396 e. The molecular weight excluding hydrogens is 183 g/mol. The number of methoxy groups -OCH3 is 1. The third-order valence-corrected chi connectivity index (χ3v) is 2.07. The van der Waals surface area contributed by atoms with Crippen LogP contribution in [0.25, 0.3) is 0 Å². The zero-order valence-corrected chi connectivity index (χ0v) is 8.24. The first kappa shape index (κ1) is 11.1. The first-order valence-corrected chi connectivity index (χ1v) is 4.60. The van der Waals surface area contributed by atoms with Gasteiger partial charge in [-0.2, -0.15) is 0 Å². The first-order valence-electron chi connectivity index (χ1n) is 4.60. The molecule has 1 atom stereocenters. The molecule has 1 rings (SSSR count). The van der Waals surface area contributed by atoms with E-state index in [0.717, 1.165) is 5.56 Å². The summed E-state index contributed by atoms with van der Waals surface area (Å²) in [7, 11) is 1.59. The minimum Gasteiger partial charge on any atom is -0.396 e. The van der Waals surface area contributed by atoms with E-state index < -0.39 is 0 Å². The summed E-state index contributed by atoms with van der Waals surface area (Å²) >= 11 is 0. The van der Waals surface area contributed by atoms with E-state index in [-0.39, 0.29) is 18.3 Å². The molecule has 0 fully saturated rings. The van der Waals surface area contributed by atoms with Crippen molar-refractivity contribution < 1.29 is 14.2 Å². The van der Waals surface area contributed by atoms with Gasteiger partial charge in [-0.3, -0.25) is 0 Å². The van der Waals surface area contributed by atoms with Crippen molar-refractivity contribution in [2.45, 2.75) is 6.42 Å². The summed E-state index contributed by atoms with van der Waals surface area (Å²) in [5.41, 5.74) is 0.890. The van der Waals surface area contributed by atoms with Crippen molar-refractivity contribution in [1.82, 2.24) is 0 Å². The second kappa shape index (κ2) is 5.73. The van der Waals surface area contributed by atoms with E-state index >= 15 is 0 Å². The van der Waals surface area contributed by atoms with Gasteiger partial charge in [-0.1, -0.05) is 12.1 Å². The summed E-state index contributed by atoms with van der Waals surface area (Å²) in [5.74, 6) is -0.196. The molecule has 1 unspecified atom stereocenters. The highest BCUT2D eigenvalue weighted by molar-refractivity contribution is 5.16. The van der Waals surface area contributed by atoms with Crippen LogP contribution in [0.3, 0.4) is 0 Å².